The second kappa shape index (κ2) is 6.16. The topological polar surface area (TPSA) is 58.2 Å². The Bertz CT molecular complexity index is 723. The first-order chi connectivity index (χ1) is 11.0. The predicted octanol–water partition coefficient (Wildman–Crippen LogP) is 3.01. The van der Waals surface area contributed by atoms with E-state index >= 15 is 0 Å². The molecule has 1 amide bonds. The van der Waals surface area contributed by atoms with Crippen molar-refractivity contribution in [3.63, 3.8) is 0 Å². The second-order valence-corrected chi connectivity index (χ2v) is 6.35. The van der Waals surface area contributed by atoms with Crippen LogP contribution in [0.4, 0.5) is 0 Å². The van der Waals surface area contributed by atoms with E-state index in [-0.39, 0.29) is 18.1 Å². The number of nitrogens with zero attached hydrogens (tertiary/aromatic N) is 2. The summed E-state index contributed by atoms with van der Waals surface area (Å²) in [6, 6.07) is 8.12. The minimum atomic E-state index is -0.0514. The Labute approximate surface area is 136 Å². The fourth-order valence-corrected chi connectivity index (χ4v) is 3.15. The summed E-state index contributed by atoms with van der Waals surface area (Å²) in [6.45, 7) is 6.65. The van der Waals surface area contributed by atoms with Gasteiger partial charge in [0.05, 0.1) is 17.9 Å². The first kappa shape index (κ1) is 15.7. The molecule has 0 bridgehead atoms. The van der Waals surface area contributed by atoms with Crippen LogP contribution < -0.4 is 0 Å². The van der Waals surface area contributed by atoms with Crippen molar-refractivity contribution in [1.82, 2.24) is 15.1 Å². The van der Waals surface area contributed by atoms with Gasteiger partial charge in [-0.1, -0.05) is 24.3 Å². The first-order valence-electron chi connectivity index (χ1n) is 8.00. The molecule has 2 atom stereocenters. The number of aromatic amines is 1. The highest BCUT2D eigenvalue weighted by Gasteiger charge is 2.30. The maximum atomic E-state index is 12.8. The maximum Gasteiger partial charge on any atom is 0.274 e. The summed E-state index contributed by atoms with van der Waals surface area (Å²) in [5.41, 5.74) is 4.79. The Morgan fingerprint density at radius 1 is 1.39 bits per heavy atom. The molecular weight excluding hydrogens is 290 g/mol. The monoisotopic (exact) mass is 313 g/mol. The van der Waals surface area contributed by atoms with Crippen LogP contribution in [0.2, 0.25) is 0 Å². The molecule has 3 rings (SSSR count). The minimum absolute atomic E-state index is 0.0490. The van der Waals surface area contributed by atoms with Crippen LogP contribution in [0.25, 0.3) is 0 Å². The van der Waals surface area contributed by atoms with Gasteiger partial charge in [0.25, 0.3) is 5.91 Å². The number of H-pyrrole nitrogens is 1. The molecule has 1 aromatic heterocycles. The molecule has 0 saturated heterocycles. The molecule has 122 valence electrons. The molecule has 1 aliphatic rings. The van der Waals surface area contributed by atoms with Gasteiger partial charge >= 0.3 is 0 Å². The third-order valence-electron chi connectivity index (χ3n) is 4.45. The normalized spacial score (nSPS) is 20.2. The quantitative estimate of drug-likeness (QED) is 0.947. The SMILES string of the molecule is Cc1ccccc1CN(C)C(=O)c1n[nH]c2c1C[C@@H](C)O[C@H]2C. The number of benzene rings is 1. The molecular formula is C18H23N3O2. The Hall–Kier alpha value is -2.14. The standard InChI is InChI=1S/C18H23N3O2/c1-11-7-5-6-8-14(11)10-21(4)18(22)17-15-9-12(2)23-13(3)16(15)19-20-17/h5-8,12-13H,9-10H2,1-4H3,(H,19,20)/t12-,13+/m1/s1. The molecule has 0 aliphatic carbocycles. The molecule has 23 heavy (non-hydrogen) atoms. The summed E-state index contributed by atoms with van der Waals surface area (Å²) in [5.74, 6) is -0.0490. The van der Waals surface area contributed by atoms with Crippen LogP contribution in [0.15, 0.2) is 24.3 Å². The summed E-state index contributed by atoms with van der Waals surface area (Å²) in [4.78, 5) is 14.5. The summed E-state index contributed by atoms with van der Waals surface area (Å²) in [5, 5.41) is 7.26. The zero-order valence-electron chi connectivity index (χ0n) is 14.1. The molecule has 0 unspecified atom stereocenters. The third-order valence-corrected chi connectivity index (χ3v) is 4.45. The lowest BCUT2D eigenvalue weighted by Gasteiger charge is -2.26. The number of nitrogens with one attached hydrogen (secondary N) is 1. The lowest BCUT2D eigenvalue weighted by molar-refractivity contribution is -0.00701. The molecule has 1 N–H and O–H groups in total. The van der Waals surface area contributed by atoms with Gasteiger partial charge in [0.2, 0.25) is 0 Å². The number of amides is 1. The van der Waals surface area contributed by atoms with Crippen molar-refractivity contribution in [2.45, 2.75) is 45.9 Å². The van der Waals surface area contributed by atoms with E-state index in [1.54, 1.807) is 4.90 Å². The number of carbonyl (C=O) groups is 1. The van der Waals surface area contributed by atoms with E-state index in [0.717, 1.165) is 23.2 Å². The molecule has 5 nitrogen and oxygen atoms in total. The zero-order chi connectivity index (χ0) is 16.6. The second-order valence-electron chi connectivity index (χ2n) is 6.35. The van der Waals surface area contributed by atoms with E-state index in [4.69, 9.17) is 4.74 Å². The molecule has 5 heteroatoms. The molecule has 2 heterocycles. The van der Waals surface area contributed by atoms with Crippen molar-refractivity contribution >= 4 is 5.91 Å². The van der Waals surface area contributed by atoms with E-state index in [2.05, 4.69) is 29.3 Å². The third kappa shape index (κ3) is 3.01. The number of aromatic nitrogens is 2. The Morgan fingerprint density at radius 3 is 2.87 bits per heavy atom. The van der Waals surface area contributed by atoms with Crippen LogP contribution in [0, 0.1) is 6.92 Å². The van der Waals surface area contributed by atoms with E-state index in [1.807, 2.05) is 33.0 Å². The van der Waals surface area contributed by atoms with Crippen LogP contribution in [0.3, 0.4) is 0 Å². The molecule has 0 saturated carbocycles. The van der Waals surface area contributed by atoms with Crippen molar-refractivity contribution in [3.8, 4) is 0 Å². The number of ether oxygens (including phenoxy) is 1. The average molecular weight is 313 g/mol. The number of rotatable bonds is 3. The lowest BCUT2D eigenvalue weighted by Crippen LogP contribution is -2.29. The van der Waals surface area contributed by atoms with Crippen LogP contribution in [-0.2, 0) is 17.7 Å². The molecule has 1 aliphatic heterocycles. The van der Waals surface area contributed by atoms with E-state index < -0.39 is 0 Å². The number of hydrogen-bond donors (Lipinski definition) is 1. The van der Waals surface area contributed by atoms with Gasteiger partial charge in [-0.2, -0.15) is 5.10 Å². The molecule has 0 radical (unpaired) electrons. The van der Waals surface area contributed by atoms with Gasteiger partial charge in [-0.05, 0) is 31.9 Å². The van der Waals surface area contributed by atoms with Crippen LogP contribution in [0.1, 0.15) is 52.8 Å². The van der Waals surface area contributed by atoms with Gasteiger partial charge in [-0.15, -0.1) is 0 Å². The Balaban J connectivity index is 1.82. The maximum absolute atomic E-state index is 12.8. The lowest BCUT2D eigenvalue weighted by atomic mass is 9.99. The minimum Gasteiger partial charge on any atom is -0.369 e. The van der Waals surface area contributed by atoms with Gasteiger partial charge in [0.15, 0.2) is 5.69 Å². The van der Waals surface area contributed by atoms with Crippen molar-refractivity contribution in [3.05, 3.63) is 52.3 Å². The highest BCUT2D eigenvalue weighted by molar-refractivity contribution is 5.94. The van der Waals surface area contributed by atoms with E-state index in [9.17, 15) is 4.79 Å². The average Bonchev–Trinajstić information content (AvgIpc) is 2.92. The smallest absolute Gasteiger partial charge is 0.274 e. The highest BCUT2D eigenvalue weighted by Crippen LogP contribution is 2.30. The van der Waals surface area contributed by atoms with Gasteiger partial charge in [-0.25, -0.2) is 0 Å². The summed E-state index contributed by atoms with van der Waals surface area (Å²) >= 11 is 0. The summed E-state index contributed by atoms with van der Waals surface area (Å²) in [7, 11) is 1.82. The molecule has 0 spiro atoms. The first-order valence-corrected chi connectivity index (χ1v) is 8.00. The molecule has 0 fully saturated rings. The number of carbonyl (C=O) groups excluding carboxylic acids is 1. The molecule has 2 aromatic rings. The fraction of sp³-hybridized carbons (Fsp3) is 0.444. The van der Waals surface area contributed by atoms with Crippen LogP contribution >= 0.6 is 0 Å². The zero-order valence-corrected chi connectivity index (χ0v) is 14.1. The number of hydrogen-bond acceptors (Lipinski definition) is 3. The van der Waals surface area contributed by atoms with Gasteiger partial charge in [0, 0.05) is 25.6 Å². The fourth-order valence-electron chi connectivity index (χ4n) is 3.15. The summed E-state index contributed by atoms with van der Waals surface area (Å²) in [6.07, 6.45) is 0.767. The predicted molar refractivity (Wildman–Crippen MR) is 88.2 cm³/mol. The van der Waals surface area contributed by atoms with Crippen molar-refractivity contribution < 1.29 is 9.53 Å². The van der Waals surface area contributed by atoms with Crippen molar-refractivity contribution in [2.24, 2.45) is 0 Å². The Kier molecular flexibility index (Phi) is 4.22. The van der Waals surface area contributed by atoms with Gasteiger partial charge in [-0.3, -0.25) is 9.89 Å². The van der Waals surface area contributed by atoms with Crippen LogP contribution in [-0.4, -0.2) is 34.2 Å². The Morgan fingerprint density at radius 2 is 2.13 bits per heavy atom. The van der Waals surface area contributed by atoms with E-state index in [0.29, 0.717) is 12.2 Å². The highest BCUT2D eigenvalue weighted by atomic mass is 16.5. The largest absolute Gasteiger partial charge is 0.369 e. The molecule has 1 aromatic carbocycles. The van der Waals surface area contributed by atoms with Crippen molar-refractivity contribution in [1.29, 1.82) is 0 Å². The van der Waals surface area contributed by atoms with Crippen LogP contribution in [0.5, 0.6) is 0 Å². The summed E-state index contributed by atoms with van der Waals surface area (Å²) < 4.78 is 5.78. The number of aryl methyl sites for hydroxylation is 1. The van der Waals surface area contributed by atoms with Crippen molar-refractivity contribution in [2.75, 3.05) is 7.05 Å². The van der Waals surface area contributed by atoms with Gasteiger partial charge < -0.3 is 9.64 Å². The van der Waals surface area contributed by atoms with E-state index in [1.165, 1.54) is 5.56 Å². The van der Waals surface area contributed by atoms with Gasteiger partial charge in [0.1, 0.15) is 0 Å². The number of fused-ring (bicyclic) bond motifs is 1.